The lowest BCUT2D eigenvalue weighted by Crippen LogP contribution is -2.43. The second-order valence-corrected chi connectivity index (χ2v) is 5.98. The second kappa shape index (κ2) is 7.86. The molecule has 1 atom stereocenters. The zero-order valence-electron chi connectivity index (χ0n) is 12.6. The lowest BCUT2D eigenvalue weighted by molar-refractivity contribution is -0.128. The van der Waals surface area contributed by atoms with Crippen LogP contribution in [0, 0.1) is 11.3 Å². The highest BCUT2D eigenvalue weighted by molar-refractivity contribution is 5.88. The SMILES string of the molecule is CCNC(CCC(CC)CC)C(=O)C(C)(C)C. The molecule has 0 fully saturated rings. The van der Waals surface area contributed by atoms with Crippen LogP contribution in [0.25, 0.3) is 0 Å². The minimum Gasteiger partial charge on any atom is -0.308 e. The number of carbonyl (C=O) groups is 1. The van der Waals surface area contributed by atoms with Crippen LogP contribution in [0.2, 0.25) is 0 Å². The molecule has 2 nitrogen and oxygen atoms in total. The molecule has 0 aromatic carbocycles. The molecule has 0 radical (unpaired) electrons. The molecule has 0 spiro atoms. The summed E-state index contributed by atoms with van der Waals surface area (Å²) in [7, 11) is 0. The molecule has 0 aromatic heterocycles. The molecule has 1 unspecified atom stereocenters. The lowest BCUT2D eigenvalue weighted by atomic mass is 9.83. The maximum atomic E-state index is 12.3. The number of nitrogens with one attached hydrogen (secondary N) is 1. The number of rotatable bonds is 8. The quantitative estimate of drug-likeness (QED) is 0.700. The summed E-state index contributed by atoms with van der Waals surface area (Å²) >= 11 is 0. The second-order valence-electron chi connectivity index (χ2n) is 5.98. The van der Waals surface area contributed by atoms with Crippen molar-refractivity contribution in [2.75, 3.05) is 6.54 Å². The van der Waals surface area contributed by atoms with E-state index in [9.17, 15) is 4.79 Å². The number of Topliss-reactive ketones (excluding diaryl/α,β-unsaturated/α-hetero) is 1. The van der Waals surface area contributed by atoms with Gasteiger partial charge in [0.25, 0.3) is 0 Å². The predicted molar refractivity (Wildman–Crippen MR) is 75.2 cm³/mol. The van der Waals surface area contributed by atoms with Gasteiger partial charge in [-0.2, -0.15) is 0 Å². The van der Waals surface area contributed by atoms with Crippen LogP contribution in [0.3, 0.4) is 0 Å². The molecule has 0 heterocycles. The van der Waals surface area contributed by atoms with E-state index >= 15 is 0 Å². The van der Waals surface area contributed by atoms with Crippen molar-refractivity contribution in [1.82, 2.24) is 5.32 Å². The van der Waals surface area contributed by atoms with Crippen molar-refractivity contribution < 1.29 is 4.79 Å². The minimum atomic E-state index is -0.235. The van der Waals surface area contributed by atoms with Gasteiger partial charge in [-0.15, -0.1) is 0 Å². The summed E-state index contributed by atoms with van der Waals surface area (Å²) in [6.07, 6.45) is 4.58. The molecule has 17 heavy (non-hydrogen) atoms. The number of hydrogen-bond acceptors (Lipinski definition) is 2. The van der Waals surface area contributed by atoms with Gasteiger partial charge < -0.3 is 5.32 Å². The molecule has 0 aromatic rings. The van der Waals surface area contributed by atoms with E-state index in [-0.39, 0.29) is 11.5 Å². The van der Waals surface area contributed by atoms with Gasteiger partial charge in [0.1, 0.15) is 0 Å². The monoisotopic (exact) mass is 241 g/mol. The smallest absolute Gasteiger partial charge is 0.155 e. The van der Waals surface area contributed by atoms with Gasteiger partial charge in [0.05, 0.1) is 6.04 Å². The summed E-state index contributed by atoms with van der Waals surface area (Å²) in [5.41, 5.74) is -0.235. The normalized spacial score (nSPS) is 14.1. The highest BCUT2D eigenvalue weighted by Gasteiger charge is 2.28. The maximum Gasteiger partial charge on any atom is 0.155 e. The van der Waals surface area contributed by atoms with Crippen molar-refractivity contribution in [3.8, 4) is 0 Å². The van der Waals surface area contributed by atoms with Crippen LogP contribution in [0.4, 0.5) is 0 Å². The van der Waals surface area contributed by atoms with Crippen molar-refractivity contribution in [3.63, 3.8) is 0 Å². The summed E-state index contributed by atoms with van der Waals surface area (Å²) < 4.78 is 0. The van der Waals surface area contributed by atoms with Crippen LogP contribution in [-0.2, 0) is 4.79 Å². The molecule has 1 N–H and O–H groups in total. The summed E-state index contributed by atoms with van der Waals surface area (Å²) in [5.74, 6) is 1.12. The highest BCUT2D eigenvalue weighted by Crippen LogP contribution is 2.22. The van der Waals surface area contributed by atoms with Gasteiger partial charge in [0.2, 0.25) is 0 Å². The summed E-state index contributed by atoms with van der Waals surface area (Å²) in [6, 6.07) is 0.0422. The third kappa shape index (κ3) is 6.21. The van der Waals surface area contributed by atoms with E-state index in [4.69, 9.17) is 0 Å². The standard InChI is InChI=1S/C15H31NO/c1-7-12(8-2)10-11-13(16-9-3)14(17)15(4,5)6/h12-13,16H,7-11H2,1-6H3. The fraction of sp³-hybridized carbons (Fsp3) is 0.933. The Bertz CT molecular complexity index is 213. The van der Waals surface area contributed by atoms with Crippen molar-refractivity contribution in [2.45, 2.75) is 73.3 Å². The van der Waals surface area contributed by atoms with Crippen LogP contribution in [0.1, 0.15) is 67.2 Å². The van der Waals surface area contributed by atoms with Gasteiger partial charge in [-0.25, -0.2) is 0 Å². The molecular formula is C15H31NO. The van der Waals surface area contributed by atoms with E-state index in [0.717, 1.165) is 25.3 Å². The Morgan fingerprint density at radius 2 is 1.59 bits per heavy atom. The number of hydrogen-bond donors (Lipinski definition) is 1. The molecule has 0 aliphatic carbocycles. The van der Waals surface area contributed by atoms with Crippen molar-refractivity contribution in [2.24, 2.45) is 11.3 Å². The molecule has 102 valence electrons. The first kappa shape index (κ1) is 16.6. The zero-order valence-corrected chi connectivity index (χ0v) is 12.6. The highest BCUT2D eigenvalue weighted by atomic mass is 16.1. The Labute approximate surface area is 108 Å². The number of carbonyl (C=O) groups excluding carboxylic acids is 1. The van der Waals surface area contributed by atoms with Crippen molar-refractivity contribution >= 4 is 5.78 Å². The third-order valence-corrected chi connectivity index (χ3v) is 3.52. The van der Waals surface area contributed by atoms with Crippen LogP contribution < -0.4 is 5.32 Å². The van der Waals surface area contributed by atoms with Crippen LogP contribution in [-0.4, -0.2) is 18.4 Å². The molecule has 0 saturated heterocycles. The first-order valence-electron chi connectivity index (χ1n) is 7.14. The average Bonchev–Trinajstić information content (AvgIpc) is 2.26. The fourth-order valence-electron chi connectivity index (χ4n) is 2.19. The Balaban J connectivity index is 4.38. The van der Waals surface area contributed by atoms with Gasteiger partial charge in [-0.3, -0.25) is 4.79 Å². The molecule has 0 amide bonds. The van der Waals surface area contributed by atoms with E-state index in [2.05, 4.69) is 26.1 Å². The zero-order chi connectivity index (χ0) is 13.5. The number of ketones is 1. The summed E-state index contributed by atoms with van der Waals surface area (Å²) in [6.45, 7) is 13.4. The van der Waals surface area contributed by atoms with E-state index < -0.39 is 0 Å². The average molecular weight is 241 g/mol. The Morgan fingerprint density at radius 1 is 1.06 bits per heavy atom. The number of likely N-dealkylation sites (N-methyl/N-ethyl adjacent to an activating group) is 1. The topological polar surface area (TPSA) is 29.1 Å². The third-order valence-electron chi connectivity index (χ3n) is 3.52. The molecular weight excluding hydrogens is 210 g/mol. The molecule has 0 aliphatic rings. The Hall–Kier alpha value is -0.370. The minimum absolute atomic E-state index is 0.0422. The van der Waals surface area contributed by atoms with Gasteiger partial charge in [0, 0.05) is 5.41 Å². The first-order chi connectivity index (χ1) is 7.86. The van der Waals surface area contributed by atoms with Crippen LogP contribution in [0.15, 0.2) is 0 Å². The lowest BCUT2D eigenvalue weighted by Gasteiger charge is -2.26. The van der Waals surface area contributed by atoms with Crippen molar-refractivity contribution in [3.05, 3.63) is 0 Å². The van der Waals surface area contributed by atoms with E-state index in [0.29, 0.717) is 5.78 Å². The predicted octanol–water partition coefficient (Wildman–Crippen LogP) is 3.80. The van der Waals surface area contributed by atoms with Gasteiger partial charge >= 0.3 is 0 Å². The van der Waals surface area contributed by atoms with Gasteiger partial charge in [-0.1, -0.05) is 54.4 Å². The molecule has 2 heteroatoms. The Morgan fingerprint density at radius 3 is 1.94 bits per heavy atom. The summed E-state index contributed by atoms with van der Waals surface area (Å²) in [4.78, 5) is 12.3. The van der Waals surface area contributed by atoms with Gasteiger partial charge in [0.15, 0.2) is 5.78 Å². The van der Waals surface area contributed by atoms with E-state index in [1.165, 1.54) is 12.8 Å². The van der Waals surface area contributed by atoms with Crippen LogP contribution in [0.5, 0.6) is 0 Å². The largest absolute Gasteiger partial charge is 0.308 e. The van der Waals surface area contributed by atoms with E-state index in [1.807, 2.05) is 20.8 Å². The molecule has 0 bridgehead atoms. The molecule has 0 aliphatic heterocycles. The maximum absolute atomic E-state index is 12.3. The summed E-state index contributed by atoms with van der Waals surface area (Å²) in [5, 5.41) is 3.34. The Kier molecular flexibility index (Phi) is 7.69. The molecule has 0 saturated carbocycles. The fourth-order valence-corrected chi connectivity index (χ4v) is 2.19. The first-order valence-corrected chi connectivity index (χ1v) is 7.14. The molecule has 0 rings (SSSR count). The van der Waals surface area contributed by atoms with Gasteiger partial charge in [-0.05, 0) is 25.3 Å². The van der Waals surface area contributed by atoms with Crippen LogP contribution >= 0.6 is 0 Å². The van der Waals surface area contributed by atoms with E-state index in [1.54, 1.807) is 0 Å². The van der Waals surface area contributed by atoms with Crippen molar-refractivity contribution in [1.29, 1.82) is 0 Å².